The summed E-state index contributed by atoms with van der Waals surface area (Å²) in [4.78, 5) is 12.7. The van der Waals surface area contributed by atoms with Gasteiger partial charge in [0.1, 0.15) is 0 Å². The molecule has 0 aromatic heterocycles. The monoisotopic (exact) mass is 390 g/mol. The van der Waals surface area contributed by atoms with Gasteiger partial charge in [-0.1, -0.05) is 42.5 Å². The molecule has 27 heavy (non-hydrogen) atoms. The molecule has 6 nitrogen and oxygen atoms in total. The minimum Gasteiger partial charge on any atom is -0.320 e. The maximum Gasteiger partial charge on any atom is 0.357 e. The zero-order chi connectivity index (χ0) is 19.9. The molecule has 0 spiro atoms. The number of hydrogen-bond acceptors (Lipinski definition) is 4. The summed E-state index contributed by atoms with van der Waals surface area (Å²) in [6, 6.07) is 14.4. The van der Waals surface area contributed by atoms with Crippen molar-refractivity contribution in [1.82, 2.24) is 5.32 Å². The van der Waals surface area contributed by atoms with E-state index in [2.05, 4.69) is 10.6 Å². The number of hydrogen-bond donors (Lipinski definition) is 2. The Labute approximate surface area is 160 Å². The first-order valence-electron chi connectivity index (χ1n) is 8.98. The van der Waals surface area contributed by atoms with E-state index in [-0.39, 0.29) is 13.2 Å². The van der Waals surface area contributed by atoms with Crippen LogP contribution in [0.25, 0.3) is 0 Å². The van der Waals surface area contributed by atoms with Gasteiger partial charge in [0.15, 0.2) is 5.78 Å². The van der Waals surface area contributed by atoms with Gasteiger partial charge in [0.05, 0.1) is 13.2 Å². The first-order valence-corrected chi connectivity index (χ1v) is 10.6. The normalized spacial score (nSPS) is 12.4. The molecule has 2 aromatic carbocycles. The van der Waals surface area contributed by atoms with Crippen LogP contribution in [0, 0.1) is 13.8 Å². The molecular weight excluding hydrogens is 363 g/mol. The molecule has 0 aliphatic heterocycles. The molecule has 2 aromatic rings. The maximum absolute atomic E-state index is 13.3. The van der Waals surface area contributed by atoms with Crippen molar-refractivity contribution in [2.45, 2.75) is 33.5 Å². The van der Waals surface area contributed by atoms with Crippen molar-refractivity contribution in [1.29, 1.82) is 0 Å². The Kier molecular flexibility index (Phi) is 7.60. The van der Waals surface area contributed by atoms with E-state index in [1.54, 1.807) is 26.0 Å². The average molecular weight is 390 g/mol. The van der Waals surface area contributed by atoms with Gasteiger partial charge in [0, 0.05) is 5.69 Å². The molecule has 2 rings (SSSR count). The summed E-state index contributed by atoms with van der Waals surface area (Å²) in [6.07, 6.45) is 0. The van der Waals surface area contributed by atoms with Gasteiger partial charge in [-0.15, -0.1) is 0 Å². The Bertz CT molecular complexity index is 801. The van der Waals surface area contributed by atoms with E-state index in [9.17, 15) is 9.36 Å². The van der Waals surface area contributed by atoms with Gasteiger partial charge < -0.3 is 19.7 Å². The lowest BCUT2D eigenvalue weighted by atomic mass is 10.1. The summed E-state index contributed by atoms with van der Waals surface area (Å²) < 4.78 is 24.3. The van der Waals surface area contributed by atoms with Gasteiger partial charge in [-0.25, -0.2) is 4.79 Å². The third-order valence-electron chi connectivity index (χ3n) is 3.96. The van der Waals surface area contributed by atoms with E-state index in [0.717, 1.165) is 11.1 Å². The summed E-state index contributed by atoms with van der Waals surface area (Å²) in [6.45, 7) is 7.76. The van der Waals surface area contributed by atoms with Gasteiger partial charge in [0.2, 0.25) is 0 Å². The molecule has 7 heteroatoms. The predicted molar refractivity (Wildman–Crippen MR) is 108 cm³/mol. The number of anilines is 1. The molecule has 0 aliphatic carbocycles. The highest BCUT2D eigenvalue weighted by molar-refractivity contribution is 7.54. The van der Waals surface area contributed by atoms with Gasteiger partial charge in [-0.05, 0) is 50.5 Å². The SMILES string of the molecule is CCOP(=O)(OCC)C(NC(=O)Nc1cc(C)ccc1C)c1ccccc1. The highest BCUT2D eigenvalue weighted by Gasteiger charge is 2.38. The molecule has 0 radical (unpaired) electrons. The molecule has 1 atom stereocenters. The fraction of sp³-hybridized carbons (Fsp3) is 0.350. The molecule has 146 valence electrons. The number of benzene rings is 2. The largest absolute Gasteiger partial charge is 0.357 e. The summed E-state index contributed by atoms with van der Waals surface area (Å²) >= 11 is 0. The van der Waals surface area contributed by atoms with Gasteiger partial charge in [-0.3, -0.25) is 4.57 Å². The lowest BCUT2D eigenvalue weighted by Crippen LogP contribution is -2.33. The third kappa shape index (κ3) is 5.67. The Hall–Kier alpha value is -2.14. The van der Waals surface area contributed by atoms with Crippen LogP contribution >= 0.6 is 7.60 Å². The summed E-state index contributed by atoms with van der Waals surface area (Å²) in [5.74, 6) is -0.913. The van der Waals surface area contributed by atoms with Crippen molar-refractivity contribution in [2.24, 2.45) is 0 Å². The van der Waals surface area contributed by atoms with Gasteiger partial charge >= 0.3 is 13.6 Å². The summed E-state index contributed by atoms with van der Waals surface area (Å²) in [5, 5.41) is 5.60. The van der Waals surface area contributed by atoms with Crippen molar-refractivity contribution in [3.63, 3.8) is 0 Å². The standard InChI is InChI=1S/C20H27N2O4P/c1-5-25-27(24,26-6-2)19(17-10-8-7-9-11-17)22-20(23)21-18-14-15(3)12-13-16(18)4/h7-14,19H,5-6H2,1-4H3,(H2,21,22,23). The second kappa shape index (κ2) is 9.70. The van der Waals surface area contributed by atoms with Crippen LogP contribution < -0.4 is 10.6 Å². The van der Waals surface area contributed by atoms with E-state index in [0.29, 0.717) is 11.3 Å². The van der Waals surface area contributed by atoms with Crippen LogP contribution in [0.5, 0.6) is 0 Å². The van der Waals surface area contributed by atoms with Crippen LogP contribution in [0.1, 0.15) is 36.3 Å². The molecule has 2 amide bonds. The lowest BCUT2D eigenvalue weighted by Gasteiger charge is -2.27. The van der Waals surface area contributed by atoms with Gasteiger partial charge in [-0.2, -0.15) is 0 Å². The molecule has 0 heterocycles. The summed E-state index contributed by atoms with van der Waals surface area (Å²) in [5.41, 5.74) is 3.32. The van der Waals surface area contributed by atoms with E-state index in [1.165, 1.54) is 0 Å². The Morgan fingerprint density at radius 2 is 1.67 bits per heavy atom. The minimum absolute atomic E-state index is 0.209. The second-order valence-corrected chi connectivity index (χ2v) is 8.22. The Morgan fingerprint density at radius 1 is 1.04 bits per heavy atom. The van der Waals surface area contributed by atoms with E-state index in [4.69, 9.17) is 9.05 Å². The maximum atomic E-state index is 13.3. The third-order valence-corrected chi connectivity index (χ3v) is 6.25. The molecule has 0 bridgehead atoms. The van der Waals surface area contributed by atoms with Crippen molar-refractivity contribution >= 4 is 19.3 Å². The van der Waals surface area contributed by atoms with Crippen molar-refractivity contribution in [3.8, 4) is 0 Å². The number of urea groups is 1. The fourth-order valence-electron chi connectivity index (χ4n) is 2.68. The van der Waals surface area contributed by atoms with Crippen LogP contribution in [-0.2, 0) is 13.6 Å². The topological polar surface area (TPSA) is 76.7 Å². The van der Waals surface area contributed by atoms with E-state index in [1.807, 2.05) is 50.2 Å². The molecule has 2 N–H and O–H groups in total. The number of carbonyl (C=O) groups is 1. The number of rotatable bonds is 8. The number of aryl methyl sites for hydroxylation is 2. The highest BCUT2D eigenvalue weighted by atomic mass is 31.2. The number of amides is 2. The molecule has 0 fully saturated rings. The second-order valence-electron chi connectivity index (χ2n) is 6.11. The zero-order valence-corrected chi connectivity index (χ0v) is 17.1. The Morgan fingerprint density at radius 3 is 2.26 bits per heavy atom. The van der Waals surface area contributed by atoms with Crippen molar-refractivity contribution in [2.75, 3.05) is 18.5 Å². The highest BCUT2D eigenvalue weighted by Crippen LogP contribution is 2.59. The lowest BCUT2D eigenvalue weighted by molar-refractivity contribution is 0.205. The van der Waals surface area contributed by atoms with Crippen molar-refractivity contribution in [3.05, 3.63) is 65.2 Å². The van der Waals surface area contributed by atoms with Crippen LogP contribution in [-0.4, -0.2) is 19.2 Å². The number of nitrogens with one attached hydrogen (secondary N) is 2. The quantitative estimate of drug-likeness (QED) is 0.593. The average Bonchev–Trinajstić information content (AvgIpc) is 2.64. The van der Waals surface area contributed by atoms with Crippen LogP contribution in [0.4, 0.5) is 10.5 Å². The minimum atomic E-state index is -3.60. The molecule has 0 saturated carbocycles. The predicted octanol–water partition coefficient (Wildman–Crippen LogP) is 5.39. The van der Waals surface area contributed by atoms with Crippen molar-refractivity contribution < 1.29 is 18.4 Å². The molecule has 1 unspecified atom stereocenters. The Balaban J connectivity index is 2.29. The fourth-order valence-corrected chi connectivity index (χ4v) is 4.58. The first-order chi connectivity index (χ1) is 12.9. The van der Waals surface area contributed by atoms with Crippen LogP contribution in [0.3, 0.4) is 0 Å². The van der Waals surface area contributed by atoms with E-state index < -0.39 is 19.4 Å². The first kappa shape index (κ1) is 21.2. The molecular formula is C20H27N2O4P. The van der Waals surface area contributed by atoms with Crippen LogP contribution in [0.15, 0.2) is 48.5 Å². The molecule has 0 saturated heterocycles. The summed E-state index contributed by atoms with van der Waals surface area (Å²) in [7, 11) is -3.60. The van der Waals surface area contributed by atoms with Crippen LogP contribution in [0.2, 0.25) is 0 Å². The van der Waals surface area contributed by atoms with E-state index >= 15 is 0 Å². The molecule has 0 aliphatic rings. The number of carbonyl (C=O) groups excluding carboxylic acids is 1. The zero-order valence-electron chi connectivity index (χ0n) is 16.2. The smallest absolute Gasteiger partial charge is 0.320 e. The van der Waals surface area contributed by atoms with Gasteiger partial charge in [0.25, 0.3) is 0 Å².